The highest BCUT2D eigenvalue weighted by atomic mass is 16.5. The second kappa shape index (κ2) is 11.1. The first kappa shape index (κ1) is 24.5. The highest BCUT2D eigenvalue weighted by Crippen LogP contribution is 2.31. The van der Waals surface area contributed by atoms with Gasteiger partial charge >= 0.3 is 5.97 Å². The number of fused-ring (bicyclic) bond motifs is 1. The summed E-state index contributed by atoms with van der Waals surface area (Å²) >= 11 is 0. The fourth-order valence-corrected chi connectivity index (χ4v) is 3.42. The molecule has 0 spiro atoms. The van der Waals surface area contributed by atoms with Crippen molar-refractivity contribution in [2.45, 2.75) is 38.6 Å². The third-order valence-corrected chi connectivity index (χ3v) is 5.66. The molecule has 2 aliphatic heterocycles. The molecule has 0 saturated carbocycles. The van der Waals surface area contributed by atoms with Gasteiger partial charge in [-0.05, 0) is 31.1 Å². The second-order valence-electron chi connectivity index (χ2n) is 8.19. The van der Waals surface area contributed by atoms with Crippen molar-refractivity contribution in [2.75, 3.05) is 26.2 Å². The number of phenolic OH excluding ortho intramolecular Hbond substituents is 1. The fourth-order valence-electron chi connectivity index (χ4n) is 3.42. The Bertz CT molecular complexity index is 956. The van der Waals surface area contributed by atoms with E-state index in [2.05, 4.69) is 4.99 Å². The van der Waals surface area contributed by atoms with Crippen molar-refractivity contribution in [1.82, 2.24) is 4.90 Å². The number of ketones is 1. The van der Waals surface area contributed by atoms with Crippen LogP contribution in [0.3, 0.4) is 0 Å². The fraction of sp³-hybridized carbons (Fsp3) is 0.458. The van der Waals surface area contributed by atoms with Gasteiger partial charge in [0.15, 0.2) is 5.78 Å². The standard InChI is InChI=1S/C24H30N2O7/c1-15-6-7-20(28)23(30)19(27)5-3-4-17-12-18(32-11-10-26-9-8-25-14-26)13-21(29)22(17)24(31)33-16(15)2/h3-4,6-7,12-16,19,23,27,29-30H,5,8-11H2,1-2H3/b4-3+,7-6-/t15-,16+,19+,23+/m1/s1. The molecule has 2 aliphatic rings. The van der Waals surface area contributed by atoms with Crippen molar-refractivity contribution in [3.05, 3.63) is 41.5 Å². The summed E-state index contributed by atoms with van der Waals surface area (Å²) < 4.78 is 11.3. The summed E-state index contributed by atoms with van der Waals surface area (Å²) in [5.74, 6) is -1.62. The molecule has 9 heteroatoms. The largest absolute Gasteiger partial charge is 0.507 e. The number of rotatable bonds is 4. The highest BCUT2D eigenvalue weighted by Gasteiger charge is 2.25. The first-order valence-corrected chi connectivity index (χ1v) is 11.0. The highest BCUT2D eigenvalue weighted by molar-refractivity contribution is 5.97. The molecule has 178 valence electrons. The summed E-state index contributed by atoms with van der Waals surface area (Å²) in [7, 11) is 0. The third kappa shape index (κ3) is 6.43. The monoisotopic (exact) mass is 458 g/mol. The number of aliphatic hydroxyl groups excluding tert-OH is 2. The summed E-state index contributed by atoms with van der Waals surface area (Å²) in [6.45, 7) is 5.98. The van der Waals surface area contributed by atoms with Crippen LogP contribution in [0.15, 0.2) is 35.4 Å². The number of cyclic esters (lactones) is 1. The molecule has 4 atom stereocenters. The predicted octanol–water partition coefficient (Wildman–Crippen LogP) is 1.56. The number of benzene rings is 1. The van der Waals surface area contributed by atoms with Crippen LogP contribution in [0.2, 0.25) is 0 Å². The Morgan fingerprint density at radius 2 is 2.00 bits per heavy atom. The molecular weight excluding hydrogens is 428 g/mol. The molecule has 1 aromatic rings. The van der Waals surface area contributed by atoms with E-state index >= 15 is 0 Å². The van der Waals surface area contributed by atoms with Crippen molar-refractivity contribution in [3.8, 4) is 11.5 Å². The minimum Gasteiger partial charge on any atom is -0.507 e. The molecule has 1 aromatic carbocycles. The van der Waals surface area contributed by atoms with E-state index in [1.165, 1.54) is 30.4 Å². The molecule has 0 fully saturated rings. The van der Waals surface area contributed by atoms with Gasteiger partial charge in [-0.15, -0.1) is 0 Å². The average Bonchev–Trinajstić information content (AvgIpc) is 3.29. The van der Waals surface area contributed by atoms with Crippen molar-refractivity contribution in [1.29, 1.82) is 0 Å². The Balaban J connectivity index is 1.87. The van der Waals surface area contributed by atoms with Crippen molar-refractivity contribution in [2.24, 2.45) is 10.9 Å². The number of hydrogen-bond donors (Lipinski definition) is 3. The number of hydrogen-bond acceptors (Lipinski definition) is 9. The minimum absolute atomic E-state index is 0.0310. The van der Waals surface area contributed by atoms with E-state index in [1.807, 2.05) is 4.90 Å². The minimum atomic E-state index is -1.57. The maximum Gasteiger partial charge on any atom is 0.342 e. The average molecular weight is 459 g/mol. The van der Waals surface area contributed by atoms with Crippen LogP contribution >= 0.6 is 0 Å². The normalized spacial score (nSPS) is 28.1. The van der Waals surface area contributed by atoms with Crippen LogP contribution in [0, 0.1) is 5.92 Å². The van der Waals surface area contributed by atoms with Gasteiger partial charge in [0, 0.05) is 18.5 Å². The lowest BCUT2D eigenvalue weighted by atomic mass is 9.99. The maximum absolute atomic E-state index is 12.9. The Morgan fingerprint density at radius 3 is 2.73 bits per heavy atom. The van der Waals surface area contributed by atoms with E-state index in [9.17, 15) is 24.9 Å². The Hall–Kier alpha value is -3.17. The molecule has 0 unspecified atom stereocenters. The number of carbonyl (C=O) groups is 2. The molecule has 0 bridgehead atoms. The Kier molecular flexibility index (Phi) is 8.24. The van der Waals surface area contributed by atoms with Crippen molar-refractivity contribution < 1.29 is 34.4 Å². The smallest absolute Gasteiger partial charge is 0.342 e. The summed E-state index contributed by atoms with van der Waals surface area (Å²) in [5, 5.41) is 30.9. The van der Waals surface area contributed by atoms with E-state index < -0.39 is 30.1 Å². The van der Waals surface area contributed by atoms with E-state index in [0.29, 0.717) is 24.5 Å². The number of nitrogens with zero attached hydrogens (tertiary/aromatic N) is 2. The molecule has 33 heavy (non-hydrogen) atoms. The molecular formula is C24H30N2O7. The molecule has 0 saturated heterocycles. The summed E-state index contributed by atoms with van der Waals surface area (Å²) in [6.07, 6.45) is 3.95. The van der Waals surface area contributed by atoms with Gasteiger partial charge < -0.3 is 29.7 Å². The first-order valence-electron chi connectivity index (χ1n) is 11.0. The summed E-state index contributed by atoms with van der Waals surface area (Å²) in [5.41, 5.74) is 0.301. The maximum atomic E-state index is 12.9. The van der Waals surface area contributed by atoms with Gasteiger partial charge in [-0.2, -0.15) is 0 Å². The van der Waals surface area contributed by atoms with Crippen LogP contribution in [0.4, 0.5) is 0 Å². The van der Waals surface area contributed by atoms with E-state index in [4.69, 9.17) is 9.47 Å². The van der Waals surface area contributed by atoms with E-state index in [0.717, 1.165) is 13.1 Å². The van der Waals surface area contributed by atoms with Gasteiger partial charge in [-0.25, -0.2) is 4.79 Å². The number of esters is 1. The molecule has 0 amide bonds. The number of carbonyl (C=O) groups excluding carboxylic acids is 2. The zero-order valence-corrected chi connectivity index (χ0v) is 18.8. The Morgan fingerprint density at radius 1 is 1.21 bits per heavy atom. The van der Waals surface area contributed by atoms with Crippen LogP contribution in [0.5, 0.6) is 11.5 Å². The van der Waals surface area contributed by atoms with Crippen LogP contribution in [0.1, 0.15) is 36.2 Å². The number of aromatic hydroxyl groups is 1. The number of aliphatic imine (C=N–C) groups is 1. The molecule has 0 aromatic heterocycles. The van der Waals surface area contributed by atoms with E-state index in [-0.39, 0.29) is 23.7 Å². The zero-order valence-electron chi connectivity index (χ0n) is 18.8. The lowest BCUT2D eigenvalue weighted by Crippen LogP contribution is -2.32. The van der Waals surface area contributed by atoms with Crippen LogP contribution in [-0.4, -0.2) is 82.9 Å². The predicted molar refractivity (Wildman–Crippen MR) is 122 cm³/mol. The molecule has 2 heterocycles. The number of ether oxygens (including phenoxy) is 2. The van der Waals surface area contributed by atoms with E-state index in [1.54, 1.807) is 26.3 Å². The number of aliphatic hydroxyl groups is 2. The second-order valence-corrected chi connectivity index (χ2v) is 8.19. The van der Waals surface area contributed by atoms with Crippen molar-refractivity contribution >= 4 is 24.2 Å². The molecule has 0 aliphatic carbocycles. The van der Waals surface area contributed by atoms with Crippen LogP contribution < -0.4 is 4.74 Å². The summed E-state index contributed by atoms with van der Waals surface area (Å²) in [6, 6.07) is 2.96. The van der Waals surface area contributed by atoms with Crippen LogP contribution in [-0.2, 0) is 9.53 Å². The molecule has 9 nitrogen and oxygen atoms in total. The van der Waals surface area contributed by atoms with Gasteiger partial charge in [0.1, 0.15) is 35.9 Å². The van der Waals surface area contributed by atoms with Gasteiger partial charge in [-0.1, -0.05) is 25.2 Å². The molecule has 3 rings (SSSR count). The van der Waals surface area contributed by atoms with Gasteiger partial charge in [0.2, 0.25) is 0 Å². The topological polar surface area (TPSA) is 129 Å². The lowest BCUT2D eigenvalue weighted by molar-refractivity contribution is -0.127. The first-order chi connectivity index (χ1) is 15.8. The quantitative estimate of drug-likeness (QED) is 0.580. The van der Waals surface area contributed by atoms with Crippen molar-refractivity contribution in [3.63, 3.8) is 0 Å². The lowest BCUT2D eigenvalue weighted by Gasteiger charge is -2.20. The third-order valence-electron chi connectivity index (χ3n) is 5.66. The van der Waals surface area contributed by atoms with Gasteiger partial charge in [-0.3, -0.25) is 9.79 Å². The molecule has 3 N–H and O–H groups in total. The van der Waals surface area contributed by atoms with Gasteiger partial charge in [0.25, 0.3) is 0 Å². The SMILES string of the molecule is C[C@@H]1/C=C\C(=O)[C@@H](O)[C@@H](O)C/C=C/c2cc(OCCN3C=NCC3)cc(O)c2C(=O)O[C@H]1C. The molecule has 0 radical (unpaired) electrons. The zero-order chi connectivity index (χ0) is 24.0. The van der Waals surface area contributed by atoms with Crippen LogP contribution in [0.25, 0.3) is 6.08 Å². The summed E-state index contributed by atoms with van der Waals surface area (Å²) in [4.78, 5) is 31.1. The number of phenols is 1. The Labute approximate surface area is 192 Å². The van der Waals surface area contributed by atoms with Gasteiger partial charge in [0.05, 0.1) is 25.5 Å².